The van der Waals surface area contributed by atoms with Gasteiger partial charge in [0.1, 0.15) is 6.54 Å². The van der Waals surface area contributed by atoms with Gasteiger partial charge in [0.2, 0.25) is 5.91 Å². The van der Waals surface area contributed by atoms with Crippen LogP contribution >= 0.6 is 11.6 Å². The summed E-state index contributed by atoms with van der Waals surface area (Å²) in [5.74, 6) is -0.362. The molecule has 0 saturated carbocycles. The molecule has 0 aliphatic rings. The van der Waals surface area contributed by atoms with Gasteiger partial charge in [0, 0.05) is 49.7 Å². The Kier molecular flexibility index (Phi) is 8.48. The maximum atomic E-state index is 13.4. The lowest BCUT2D eigenvalue weighted by Gasteiger charge is -2.28. The molecule has 0 spiro atoms. The molecule has 7 heteroatoms. The fourth-order valence-corrected chi connectivity index (χ4v) is 3.51. The van der Waals surface area contributed by atoms with E-state index in [1.165, 1.54) is 4.90 Å². The average molecular weight is 454 g/mol. The van der Waals surface area contributed by atoms with Gasteiger partial charge in [-0.25, -0.2) is 0 Å². The lowest BCUT2D eigenvalue weighted by atomic mass is 10.2. The Morgan fingerprint density at radius 3 is 2.28 bits per heavy atom. The van der Waals surface area contributed by atoms with Crippen molar-refractivity contribution >= 4 is 23.4 Å². The number of benzene rings is 2. The van der Waals surface area contributed by atoms with E-state index in [9.17, 15) is 9.59 Å². The first-order chi connectivity index (χ1) is 15.5. The van der Waals surface area contributed by atoms with Crippen molar-refractivity contribution in [3.63, 3.8) is 0 Å². The Hall–Kier alpha value is -3.09. The number of aromatic nitrogens is 1. The molecule has 3 rings (SSSR count). The molecule has 2 amide bonds. The van der Waals surface area contributed by atoms with Crippen LogP contribution in [0.3, 0.4) is 0 Å². The van der Waals surface area contributed by atoms with E-state index < -0.39 is 0 Å². The standard InChI is InChI=1S/C25H28ClN3O3/c1-27-14-6-9-23(27)18-29(17-20-7-4-3-5-8-20)24(30)19-28(15-16-32-2)25(31)21-10-12-22(26)13-11-21/h3-14H,15-19H2,1-2H3. The summed E-state index contributed by atoms with van der Waals surface area (Å²) >= 11 is 5.96. The quantitative estimate of drug-likeness (QED) is 0.466. The molecule has 2 aromatic carbocycles. The highest BCUT2D eigenvalue weighted by Crippen LogP contribution is 2.14. The zero-order valence-electron chi connectivity index (χ0n) is 18.4. The van der Waals surface area contributed by atoms with Gasteiger partial charge in [0.05, 0.1) is 13.2 Å². The summed E-state index contributed by atoms with van der Waals surface area (Å²) in [6, 6.07) is 20.5. The molecule has 6 nitrogen and oxygen atoms in total. The zero-order chi connectivity index (χ0) is 22.9. The van der Waals surface area contributed by atoms with Gasteiger partial charge in [-0.05, 0) is 42.0 Å². The van der Waals surface area contributed by atoms with Crippen LogP contribution in [0.5, 0.6) is 0 Å². The van der Waals surface area contributed by atoms with Crippen LogP contribution in [0.25, 0.3) is 0 Å². The number of carbonyl (C=O) groups is 2. The number of ether oxygens (including phenoxy) is 1. The highest BCUT2D eigenvalue weighted by Gasteiger charge is 2.23. The molecule has 0 radical (unpaired) electrons. The molecule has 0 bridgehead atoms. The molecule has 0 N–H and O–H groups in total. The Balaban J connectivity index is 1.80. The number of amides is 2. The first-order valence-electron chi connectivity index (χ1n) is 10.4. The van der Waals surface area contributed by atoms with Crippen LogP contribution in [-0.4, -0.2) is 53.0 Å². The number of aryl methyl sites for hydroxylation is 1. The highest BCUT2D eigenvalue weighted by molar-refractivity contribution is 6.30. The third-order valence-electron chi connectivity index (χ3n) is 5.24. The molecular formula is C25H28ClN3O3. The second kappa shape index (κ2) is 11.5. The van der Waals surface area contributed by atoms with E-state index in [-0.39, 0.29) is 18.4 Å². The van der Waals surface area contributed by atoms with Crippen molar-refractivity contribution in [2.24, 2.45) is 7.05 Å². The minimum atomic E-state index is -0.231. The smallest absolute Gasteiger partial charge is 0.254 e. The Labute approximate surface area is 194 Å². The van der Waals surface area contributed by atoms with Gasteiger partial charge in [-0.15, -0.1) is 0 Å². The Morgan fingerprint density at radius 1 is 0.938 bits per heavy atom. The summed E-state index contributed by atoms with van der Waals surface area (Å²) in [7, 11) is 3.53. The lowest BCUT2D eigenvalue weighted by Crippen LogP contribution is -2.43. The molecule has 0 atom stereocenters. The monoisotopic (exact) mass is 453 g/mol. The predicted molar refractivity (Wildman–Crippen MR) is 125 cm³/mol. The number of carbonyl (C=O) groups excluding carboxylic acids is 2. The van der Waals surface area contributed by atoms with Gasteiger partial charge in [-0.3, -0.25) is 9.59 Å². The van der Waals surface area contributed by atoms with Crippen molar-refractivity contribution in [2.45, 2.75) is 13.1 Å². The van der Waals surface area contributed by atoms with E-state index in [1.54, 1.807) is 36.3 Å². The third-order valence-corrected chi connectivity index (χ3v) is 5.49. The number of methoxy groups -OCH3 is 1. The molecule has 32 heavy (non-hydrogen) atoms. The van der Waals surface area contributed by atoms with Crippen molar-refractivity contribution in [1.82, 2.24) is 14.4 Å². The Morgan fingerprint density at radius 2 is 1.66 bits per heavy atom. The molecule has 0 unspecified atom stereocenters. The van der Waals surface area contributed by atoms with Gasteiger partial charge >= 0.3 is 0 Å². The van der Waals surface area contributed by atoms with Crippen LogP contribution in [0, 0.1) is 0 Å². The first kappa shape index (κ1) is 23.6. The molecule has 0 aliphatic carbocycles. The molecule has 0 aliphatic heterocycles. The van der Waals surface area contributed by atoms with E-state index in [1.807, 2.05) is 60.3 Å². The number of hydrogen-bond donors (Lipinski definition) is 0. The predicted octanol–water partition coefficient (Wildman–Crippen LogP) is 4.00. The van der Waals surface area contributed by atoms with E-state index in [0.717, 1.165) is 11.3 Å². The summed E-state index contributed by atoms with van der Waals surface area (Å²) in [5, 5.41) is 0.553. The molecule has 0 saturated heterocycles. The number of hydrogen-bond acceptors (Lipinski definition) is 3. The van der Waals surface area contributed by atoms with Crippen LogP contribution < -0.4 is 0 Å². The van der Waals surface area contributed by atoms with Crippen molar-refractivity contribution in [1.29, 1.82) is 0 Å². The van der Waals surface area contributed by atoms with Crippen LogP contribution in [0.15, 0.2) is 72.9 Å². The Bertz CT molecular complexity index is 1020. The minimum Gasteiger partial charge on any atom is -0.383 e. The van der Waals surface area contributed by atoms with E-state index in [2.05, 4.69) is 0 Å². The van der Waals surface area contributed by atoms with Crippen LogP contribution in [0.4, 0.5) is 0 Å². The fraction of sp³-hybridized carbons (Fsp3) is 0.280. The number of halogens is 1. The summed E-state index contributed by atoms with van der Waals surface area (Å²) in [4.78, 5) is 29.8. The minimum absolute atomic E-state index is 0.0396. The first-order valence-corrected chi connectivity index (χ1v) is 10.8. The van der Waals surface area contributed by atoms with Crippen molar-refractivity contribution in [2.75, 3.05) is 26.8 Å². The molecule has 3 aromatic rings. The topological polar surface area (TPSA) is 54.8 Å². The van der Waals surface area contributed by atoms with Crippen molar-refractivity contribution in [3.8, 4) is 0 Å². The SMILES string of the molecule is COCCN(CC(=O)N(Cc1ccccc1)Cc1cccn1C)C(=O)c1ccc(Cl)cc1. The molecule has 168 valence electrons. The zero-order valence-corrected chi connectivity index (χ0v) is 19.2. The van der Waals surface area contributed by atoms with Gasteiger partial charge in [-0.1, -0.05) is 41.9 Å². The maximum absolute atomic E-state index is 13.4. The second-order valence-electron chi connectivity index (χ2n) is 7.57. The molecule has 1 aromatic heterocycles. The normalized spacial score (nSPS) is 10.7. The largest absolute Gasteiger partial charge is 0.383 e. The van der Waals surface area contributed by atoms with E-state index in [4.69, 9.17) is 16.3 Å². The van der Waals surface area contributed by atoms with Gasteiger partial charge in [-0.2, -0.15) is 0 Å². The molecular weight excluding hydrogens is 426 g/mol. The summed E-state index contributed by atoms with van der Waals surface area (Å²) < 4.78 is 7.17. The molecule has 1 heterocycles. The van der Waals surface area contributed by atoms with E-state index >= 15 is 0 Å². The van der Waals surface area contributed by atoms with Crippen LogP contribution in [-0.2, 0) is 29.7 Å². The maximum Gasteiger partial charge on any atom is 0.254 e. The van der Waals surface area contributed by atoms with Crippen molar-refractivity contribution < 1.29 is 14.3 Å². The van der Waals surface area contributed by atoms with Crippen LogP contribution in [0.1, 0.15) is 21.6 Å². The van der Waals surface area contributed by atoms with Gasteiger partial charge in [0.25, 0.3) is 5.91 Å². The lowest BCUT2D eigenvalue weighted by molar-refractivity contribution is -0.133. The van der Waals surface area contributed by atoms with Gasteiger partial charge < -0.3 is 19.1 Å². The van der Waals surface area contributed by atoms with Crippen molar-refractivity contribution in [3.05, 3.63) is 94.8 Å². The summed E-state index contributed by atoms with van der Waals surface area (Å²) in [6.45, 7) is 1.51. The van der Waals surface area contributed by atoms with E-state index in [0.29, 0.717) is 36.8 Å². The molecule has 0 fully saturated rings. The highest BCUT2D eigenvalue weighted by atomic mass is 35.5. The van der Waals surface area contributed by atoms with Crippen LogP contribution in [0.2, 0.25) is 5.02 Å². The van der Waals surface area contributed by atoms with Gasteiger partial charge in [0.15, 0.2) is 0 Å². The fourth-order valence-electron chi connectivity index (χ4n) is 3.38. The average Bonchev–Trinajstić information content (AvgIpc) is 3.21. The number of rotatable bonds is 10. The number of nitrogens with zero attached hydrogens (tertiary/aromatic N) is 3. The summed E-state index contributed by atoms with van der Waals surface area (Å²) in [6.07, 6.45) is 1.95. The summed E-state index contributed by atoms with van der Waals surface area (Å²) in [5.41, 5.74) is 2.53. The second-order valence-corrected chi connectivity index (χ2v) is 8.01. The third kappa shape index (κ3) is 6.45.